The minimum atomic E-state index is -1.24. The summed E-state index contributed by atoms with van der Waals surface area (Å²) in [6, 6.07) is 0. The number of hydrogen-bond acceptors (Lipinski definition) is 6. The number of fused-ring (bicyclic) bond motifs is 1. The fourth-order valence-corrected chi connectivity index (χ4v) is 4.88. The van der Waals surface area contributed by atoms with Crippen molar-refractivity contribution in [3.8, 4) is 0 Å². The van der Waals surface area contributed by atoms with Gasteiger partial charge in [-0.3, -0.25) is 9.69 Å². The Bertz CT molecular complexity index is 943. The second-order valence-corrected chi connectivity index (χ2v) is 15.4. The third-order valence-corrected chi connectivity index (χ3v) is 10.9. The molecule has 0 aliphatic carbocycles. The zero-order valence-corrected chi connectivity index (χ0v) is 22.7. The van der Waals surface area contributed by atoms with Gasteiger partial charge < -0.3 is 14.8 Å². The first-order chi connectivity index (χ1) is 14.9. The van der Waals surface area contributed by atoms with Crippen molar-refractivity contribution in [2.45, 2.75) is 84.7 Å². The number of anilines is 1. The van der Waals surface area contributed by atoms with E-state index in [4.69, 9.17) is 9.47 Å². The quantitative estimate of drug-likeness (QED) is 0.651. The van der Waals surface area contributed by atoms with Crippen LogP contribution in [0.3, 0.4) is 0 Å². The van der Waals surface area contributed by atoms with Gasteiger partial charge in [0.1, 0.15) is 5.60 Å². The lowest BCUT2D eigenvalue weighted by Gasteiger charge is -2.44. The molecule has 2 amide bonds. The van der Waals surface area contributed by atoms with Gasteiger partial charge in [0.2, 0.25) is 5.91 Å². The molecule has 2 rings (SSSR count). The van der Waals surface area contributed by atoms with Crippen LogP contribution in [0.1, 0.15) is 73.6 Å². The molecule has 10 heteroatoms. The molecule has 9 nitrogen and oxygen atoms in total. The molecule has 0 aromatic carbocycles. The second kappa shape index (κ2) is 8.85. The maximum atomic E-state index is 13.3. The topological polar surface area (TPSA) is 103 Å². The average molecular weight is 485 g/mol. The van der Waals surface area contributed by atoms with Gasteiger partial charge in [0.25, 0.3) is 0 Å². The molecule has 0 unspecified atom stereocenters. The molecule has 2 heterocycles. The highest BCUT2D eigenvalue weighted by Crippen LogP contribution is 2.53. The Balaban J connectivity index is 2.54. The van der Waals surface area contributed by atoms with Crippen molar-refractivity contribution in [2.24, 2.45) is 0 Å². The molecule has 0 fully saturated rings. The molecule has 1 aliphatic heterocycles. The molecule has 0 bridgehead atoms. The van der Waals surface area contributed by atoms with Crippen LogP contribution in [0.2, 0.25) is 0 Å². The van der Waals surface area contributed by atoms with Gasteiger partial charge >= 0.3 is 12.2 Å². The summed E-state index contributed by atoms with van der Waals surface area (Å²) in [7, 11) is -1.24. The molecule has 0 saturated carbocycles. The fraction of sp³-hybridized carbons (Fsp3) is 0.739. The predicted octanol–water partition coefficient (Wildman–Crippen LogP) is 4.67. The van der Waals surface area contributed by atoms with E-state index in [9.17, 15) is 14.4 Å². The monoisotopic (exact) mass is 484 g/mol. The van der Waals surface area contributed by atoms with Crippen LogP contribution in [0.15, 0.2) is 0 Å². The third-order valence-electron chi connectivity index (χ3n) is 6.49. The first-order valence-electron chi connectivity index (χ1n) is 11.2. The normalized spacial score (nSPS) is 16.3. The molecule has 1 aromatic heterocycles. The highest BCUT2D eigenvalue weighted by Gasteiger charge is 2.49. The summed E-state index contributed by atoms with van der Waals surface area (Å²) in [5.74, 6) is 0.984. The summed E-state index contributed by atoms with van der Waals surface area (Å²) < 4.78 is 11.3. The van der Waals surface area contributed by atoms with Crippen LogP contribution < -0.4 is 5.32 Å². The van der Waals surface area contributed by atoms with E-state index in [2.05, 4.69) is 29.9 Å². The standard InChI is InChI=1S/C23H40N4O5S/c1-12-31-20(30)27-16-15(14-26(22(16,6)7)19(29)32-21(3,4)5)17(25-27)24-18(28)23(8,9)33(10,11)13-2/h12-14H2,1-11H3,(H,24,25,28). The molecule has 1 aromatic rings. The predicted molar refractivity (Wildman–Crippen MR) is 132 cm³/mol. The Labute approximate surface area is 198 Å². The highest BCUT2D eigenvalue weighted by molar-refractivity contribution is 8.34. The summed E-state index contributed by atoms with van der Waals surface area (Å²) in [6.07, 6.45) is 3.09. The number of carbonyl (C=O) groups is 3. The molecule has 33 heavy (non-hydrogen) atoms. The smallest absolute Gasteiger partial charge is 0.435 e. The molecular weight excluding hydrogens is 444 g/mol. The van der Waals surface area contributed by atoms with Crippen molar-refractivity contribution < 1.29 is 23.9 Å². The van der Waals surface area contributed by atoms with Gasteiger partial charge in [-0.05, 0) is 73.7 Å². The Morgan fingerprint density at radius 2 is 1.67 bits per heavy atom. The molecule has 1 N–H and O–H groups in total. The van der Waals surface area contributed by atoms with E-state index in [1.165, 1.54) is 0 Å². The van der Waals surface area contributed by atoms with E-state index >= 15 is 0 Å². The van der Waals surface area contributed by atoms with Crippen molar-refractivity contribution >= 4 is 33.9 Å². The second-order valence-electron chi connectivity index (χ2n) is 10.7. The van der Waals surface area contributed by atoms with Gasteiger partial charge in [0.15, 0.2) is 5.82 Å². The molecule has 188 valence electrons. The Hall–Kier alpha value is -2.23. The van der Waals surface area contributed by atoms with Crippen molar-refractivity contribution in [2.75, 3.05) is 30.2 Å². The summed E-state index contributed by atoms with van der Waals surface area (Å²) in [4.78, 5) is 40.6. The van der Waals surface area contributed by atoms with Crippen molar-refractivity contribution in [3.63, 3.8) is 0 Å². The number of rotatable bonds is 5. The lowest BCUT2D eigenvalue weighted by molar-refractivity contribution is -0.117. The minimum absolute atomic E-state index is 0.150. The van der Waals surface area contributed by atoms with E-state index in [0.717, 1.165) is 10.4 Å². The average Bonchev–Trinajstić information content (AvgIpc) is 3.16. The van der Waals surface area contributed by atoms with E-state index in [1.54, 1.807) is 32.6 Å². The van der Waals surface area contributed by atoms with E-state index in [0.29, 0.717) is 11.3 Å². The largest absolute Gasteiger partial charge is 0.448 e. The Morgan fingerprint density at radius 1 is 1.09 bits per heavy atom. The van der Waals surface area contributed by atoms with Crippen LogP contribution in [0.5, 0.6) is 0 Å². The zero-order chi connectivity index (χ0) is 25.6. The van der Waals surface area contributed by atoms with Gasteiger partial charge in [-0.2, -0.15) is 4.68 Å². The number of ether oxygens (including phenoxy) is 2. The first kappa shape index (κ1) is 27.0. The zero-order valence-electron chi connectivity index (χ0n) is 21.9. The molecule has 1 aliphatic rings. The fourth-order valence-electron chi connectivity index (χ4n) is 3.61. The van der Waals surface area contributed by atoms with Crippen LogP contribution in [0.25, 0.3) is 0 Å². The minimum Gasteiger partial charge on any atom is -0.448 e. The SMILES string of the molecule is CCOC(=O)n1nc(NC(=O)C(C)(C)S(C)(C)CC)c2c1C(C)(C)N(C(=O)OC(C)(C)C)C2. The van der Waals surface area contributed by atoms with Gasteiger partial charge in [0, 0.05) is 5.56 Å². The first-order valence-corrected chi connectivity index (χ1v) is 13.8. The lowest BCUT2D eigenvalue weighted by atomic mass is 10.0. The number of amides is 2. The summed E-state index contributed by atoms with van der Waals surface area (Å²) >= 11 is 0. The third kappa shape index (κ3) is 5.00. The maximum Gasteiger partial charge on any atom is 0.435 e. The van der Waals surface area contributed by atoms with Crippen molar-refractivity contribution in [3.05, 3.63) is 11.3 Å². The number of carbonyl (C=O) groups excluding carboxylic acids is 3. The van der Waals surface area contributed by atoms with Gasteiger partial charge in [-0.15, -0.1) is 5.10 Å². The van der Waals surface area contributed by atoms with Crippen LogP contribution in [0.4, 0.5) is 15.4 Å². The maximum absolute atomic E-state index is 13.3. The van der Waals surface area contributed by atoms with Gasteiger partial charge in [0.05, 0.1) is 29.1 Å². The van der Waals surface area contributed by atoms with Crippen LogP contribution in [-0.4, -0.2) is 68.0 Å². The number of hydrogen-bond donors (Lipinski definition) is 1. The van der Waals surface area contributed by atoms with Crippen molar-refractivity contribution in [1.82, 2.24) is 14.7 Å². The summed E-state index contributed by atoms with van der Waals surface area (Å²) in [6.45, 7) is 17.0. The number of nitrogens with zero attached hydrogens (tertiary/aromatic N) is 3. The van der Waals surface area contributed by atoms with Crippen LogP contribution >= 0.6 is 10.0 Å². The van der Waals surface area contributed by atoms with Crippen LogP contribution in [0, 0.1) is 0 Å². The van der Waals surface area contributed by atoms with E-state index < -0.39 is 38.1 Å². The number of nitrogens with one attached hydrogen (secondary N) is 1. The molecule has 0 spiro atoms. The molecular formula is C23H40N4O5S. The molecule has 0 radical (unpaired) electrons. The van der Waals surface area contributed by atoms with Crippen molar-refractivity contribution in [1.29, 1.82) is 0 Å². The summed E-state index contributed by atoms with van der Waals surface area (Å²) in [5.41, 5.74) is -0.483. The Kier molecular flexibility index (Phi) is 7.24. The molecule has 0 atom stereocenters. The lowest BCUT2D eigenvalue weighted by Crippen LogP contribution is -2.45. The van der Waals surface area contributed by atoms with Gasteiger partial charge in [-0.1, -0.05) is 6.92 Å². The number of aromatic nitrogens is 2. The Morgan fingerprint density at radius 3 is 2.15 bits per heavy atom. The molecule has 0 saturated heterocycles. The highest BCUT2D eigenvalue weighted by atomic mass is 32.3. The van der Waals surface area contributed by atoms with E-state index in [-0.39, 0.29) is 24.9 Å². The van der Waals surface area contributed by atoms with E-state index in [1.807, 2.05) is 27.7 Å². The summed E-state index contributed by atoms with van der Waals surface area (Å²) in [5, 5.41) is 7.37. The van der Waals surface area contributed by atoms with Gasteiger partial charge in [-0.25, -0.2) is 19.6 Å². The van der Waals surface area contributed by atoms with Crippen LogP contribution in [-0.2, 0) is 26.4 Å².